The van der Waals surface area contributed by atoms with Crippen LogP contribution >= 0.6 is 22.9 Å². The Morgan fingerprint density at radius 2 is 2.33 bits per heavy atom. The fraction of sp³-hybridized carbons (Fsp3) is 0.545. The Hall–Kier alpha value is -0.540. The molecule has 0 aromatic carbocycles. The number of hydrogen-bond acceptors (Lipinski definition) is 2. The molecule has 82 valence electrons. The lowest BCUT2D eigenvalue weighted by atomic mass is 9.93. The molecule has 2 aromatic rings. The van der Waals surface area contributed by atoms with Crippen molar-refractivity contribution in [2.75, 3.05) is 5.88 Å². The Morgan fingerprint density at radius 1 is 1.53 bits per heavy atom. The number of thiazole rings is 1. The Bertz CT molecular complexity index is 404. The fourth-order valence-electron chi connectivity index (χ4n) is 1.61. The van der Waals surface area contributed by atoms with Gasteiger partial charge in [-0.1, -0.05) is 13.8 Å². The van der Waals surface area contributed by atoms with Crippen LogP contribution in [0.3, 0.4) is 0 Å². The average Bonchev–Trinajstić information content (AvgIpc) is 2.72. The number of fused-ring (bicyclic) bond motifs is 1. The molecule has 2 nitrogen and oxygen atoms in total. The molecule has 0 aliphatic rings. The van der Waals surface area contributed by atoms with Gasteiger partial charge in [0.1, 0.15) is 0 Å². The fourth-order valence-corrected chi connectivity index (χ4v) is 2.80. The minimum atomic E-state index is 0.524. The van der Waals surface area contributed by atoms with Crippen molar-refractivity contribution >= 4 is 27.9 Å². The van der Waals surface area contributed by atoms with Crippen LogP contribution in [0.4, 0.5) is 0 Å². The number of nitrogens with zero attached hydrogens (tertiary/aromatic N) is 2. The van der Waals surface area contributed by atoms with E-state index in [9.17, 15) is 0 Å². The van der Waals surface area contributed by atoms with Crippen molar-refractivity contribution < 1.29 is 0 Å². The van der Waals surface area contributed by atoms with E-state index in [-0.39, 0.29) is 0 Å². The van der Waals surface area contributed by atoms with Gasteiger partial charge < -0.3 is 0 Å². The molecule has 2 rings (SSSR count). The third kappa shape index (κ3) is 2.34. The number of imidazole rings is 1. The molecule has 0 spiro atoms. The van der Waals surface area contributed by atoms with Crippen LogP contribution in [0.15, 0.2) is 17.8 Å². The maximum Gasteiger partial charge on any atom is 0.193 e. The maximum absolute atomic E-state index is 5.95. The summed E-state index contributed by atoms with van der Waals surface area (Å²) in [7, 11) is 0. The molecule has 0 saturated carbocycles. The summed E-state index contributed by atoms with van der Waals surface area (Å²) >= 11 is 7.62. The second kappa shape index (κ2) is 4.54. The van der Waals surface area contributed by atoms with Crippen LogP contribution < -0.4 is 0 Å². The molecular weight excluding hydrogens is 228 g/mol. The molecule has 15 heavy (non-hydrogen) atoms. The van der Waals surface area contributed by atoms with Gasteiger partial charge >= 0.3 is 0 Å². The largest absolute Gasteiger partial charge is 0.297 e. The molecule has 1 unspecified atom stereocenters. The van der Waals surface area contributed by atoms with Gasteiger partial charge in [-0.05, 0) is 18.3 Å². The highest BCUT2D eigenvalue weighted by atomic mass is 35.5. The van der Waals surface area contributed by atoms with Gasteiger partial charge in [-0.25, -0.2) is 4.98 Å². The third-order valence-electron chi connectivity index (χ3n) is 2.76. The maximum atomic E-state index is 5.95. The van der Waals surface area contributed by atoms with Gasteiger partial charge in [0.05, 0.1) is 5.69 Å². The predicted octanol–water partition coefficient (Wildman–Crippen LogP) is 3.45. The Kier molecular flexibility index (Phi) is 3.32. The number of alkyl halides is 1. The van der Waals surface area contributed by atoms with Gasteiger partial charge in [-0.3, -0.25) is 4.40 Å². The molecule has 1 atom stereocenters. The molecule has 0 radical (unpaired) electrons. The Balaban J connectivity index is 2.14. The Morgan fingerprint density at radius 3 is 2.93 bits per heavy atom. The molecular formula is C11H15ClN2S. The van der Waals surface area contributed by atoms with Crippen molar-refractivity contribution in [3.8, 4) is 0 Å². The van der Waals surface area contributed by atoms with Gasteiger partial charge in [-0.15, -0.1) is 22.9 Å². The highest BCUT2D eigenvalue weighted by molar-refractivity contribution is 7.15. The SMILES string of the molecule is CC(C)C(CCl)Cc1cn2ccsc2n1. The second-order valence-corrected chi connectivity index (χ2v) is 5.37. The molecule has 0 saturated heterocycles. The summed E-state index contributed by atoms with van der Waals surface area (Å²) in [6, 6.07) is 0. The molecule has 0 bridgehead atoms. The molecule has 2 aromatic heterocycles. The smallest absolute Gasteiger partial charge is 0.193 e. The summed E-state index contributed by atoms with van der Waals surface area (Å²) in [6.45, 7) is 4.43. The molecule has 0 N–H and O–H groups in total. The predicted molar refractivity (Wildman–Crippen MR) is 65.8 cm³/mol. The number of halogens is 1. The molecule has 0 aliphatic heterocycles. The number of hydrogen-bond donors (Lipinski definition) is 0. The lowest BCUT2D eigenvalue weighted by Gasteiger charge is -2.15. The van der Waals surface area contributed by atoms with Gasteiger partial charge in [0, 0.05) is 23.7 Å². The van der Waals surface area contributed by atoms with Gasteiger partial charge in [0.2, 0.25) is 0 Å². The van der Waals surface area contributed by atoms with E-state index in [2.05, 4.69) is 29.4 Å². The standard InChI is InChI=1S/C11H15ClN2S/c1-8(2)9(6-12)5-10-7-14-3-4-15-11(14)13-10/h3-4,7-9H,5-6H2,1-2H3. The number of rotatable bonds is 4. The Labute approximate surface area is 98.9 Å². The lowest BCUT2D eigenvalue weighted by Crippen LogP contribution is -2.13. The van der Waals surface area contributed by atoms with Crippen LogP contribution in [0.1, 0.15) is 19.5 Å². The van der Waals surface area contributed by atoms with Crippen LogP contribution in [-0.4, -0.2) is 15.3 Å². The normalized spacial score (nSPS) is 13.9. The van der Waals surface area contributed by atoms with Crippen molar-refractivity contribution in [1.82, 2.24) is 9.38 Å². The van der Waals surface area contributed by atoms with E-state index in [4.69, 9.17) is 11.6 Å². The van der Waals surface area contributed by atoms with Crippen molar-refractivity contribution in [2.45, 2.75) is 20.3 Å². The number of aromatic nitrogens is 2. The molecule has 4 heteroatoms. The monoisotopic (exact) mass is 242 g/mol. The van der Waals surface area contributed by atoms with E-state index in [0.29, 0.717) is 17.7 Å². The minimum Gasteiger partial charge on any atom is -0.297 e. The first-order valence-corrected chi connectivity index (χ1v) is 6.59. The molecule has 0 amide bonds. The van der Waals surface area contributed by atoms with E-state index in [1.165, 1.54) is 0 Å². The average molecular weight is 243 g/mol. The van der Waals surface area contributed by atoms with E-state index in [1.54, 1.807) is 11.3 Å². The highest BCUT2D eigenvalue weighted by Gasteiger charge is 2.14. The summed E-state index contributed by atoms with van der Waals surface area (Å²) in [4.78, 5) is 5.64. The minimum absolute atomic E-state index is 0.524. The first-order valence-electron chi connectivity index (χ1n) is 5.17. The van der Waals surface area contributed by atoms with Crippen molar-refractivity contribution in [1.29, 1.82) is 0 Å². The van der Waals surface area contributed by atoms with Crippen molar-refractivity contribution in [2.24, 2.45) is 11.8 Å². The van der Waals surface area contributed by atoms with Gasteiger partial charge in [0.25, 0.3) is 0 Å². The van der Waals surface area contributed by atoms with E-state index in [0.717, 1.165) is 17.1 Å². The van der Waals surface area contributed by atoms with Crippen LogP contribution in [-0.2, 0) is 6.42 Å². The topological polar surface area (TPSA) is 17.3 Å². The lowest BCUT2D eigenvalue weighted by molar-refractivity contribution is 0.419. The summed E-state index contributed by atoms with van der Waals surface area (Å²) in [5.74, 6) is 1.85. The zero-order valence-electron chi connectivity index (χ0n) is 8.98. The third-order valence-corrected chi connectivity index (χ3v) is 3.92. The van der Waals surface area contributed by atoms with Crippen molar-refractivity contribution in [3.63, 3.8) is 0 Å². The zero-order chi connectivity index (χ0) is 10.8. The second-order valence-electron chi connectivity index (χ2n) is 4.19. The van der Waals surface area contributed by atoms with Crippen molar-refractivity contribution in [3.05, 3.63) is 23.5 Å². The zero-order valence-corrected chi connectivity index (χ0v) is 10.6. The van der Waals surface area contributed by atoms with Gasteiger partial charge in [-0.2, -0.15) is 0 Å². The summed E-state index contributed by atoms with van der Waals surface area (Å²) in [5.41, 5.74) is 1.15. The van der Waals surface area contributed by atoms with E-state index >= 15 is 0 Å². The van der Waals surface area contributed by atoms with Crippen LogP contribution in [0.2, 0.25) is 0 Å². The van der Waals surface area contributed by atoms with E-state index in [1.807, 2.05) is 11.6 Å². The van der Waals surface area contributed by atoms with Crippen LogP contribution in [0.25, 0.3) is 4.96 Å². The molecule has 0 fully saturated rings. The highest BCUT2D eigenvalue weighted by Crippen LogP contribution is 2.20. The first kappa shape index (κ1) is 11.0. The van der Waals surface area contributed by atoms with Crippen LogP contribution in [0, 0.1) is 11.8 Å². The summed E-state index contributed by atoms with van der Waals surface area (Å²) in [6.07, 6.45) is 5.13. The molecule has 0 aliphatic carbocycles. The van der Waals surface area contributed by atoms with Crippen LogP contribution in [0.5, 0.6) is 0 Å². The quantitative estimate of drug-likeness (QED) is 0.751. The van der Waals surface area contributed by atoms with Gasteiger partial charge in [0.15, 0.2) is 4.96 Å². The summed E-state index contributed by atoms with van der Waals surface area (Å²) < 4.78 is 2.08. The summed E-state index contributed by atoms with van der Waals surface area (Å²) in [5, 5.41) is 2.05. The van der Waals surface area contributed by atoms with E-state index < -0.39 is 0 Å². The first-order chi connectivity index (χ1) is 7.20. The molecule has 2 heterocycles.